The van der Waals surface area contributed by atoms with Crippen LogP contribution in [0.3, 0.4) is 0 Å². The molecule has 11 heteroatoms. The van der Waals surface area contributed by atoms with E-state index in [4.69, 9.17) is 11.6 Å². The van der Waals surface area contributed by atoms with E-state index in [1.165, 1.54) is 16.7 Å². The van der Waals surface area contributed by atoms with Gasteiger partial charge in [-0.1, -0.05) is 115 Å². The quantitative estimate of drug-likeness (QED) is 0.0625. The zero-order valence-corrected chi connectivity index (χ0v) is 41.4. The van der Waals surface area contributed by atoms with E-state index in [9.17, 15) is 19.2 Å². The van der Waals surface area contributed by atoms with Gasteiger partial charge in [-0.2, -0.15) is 0 Å². The number of carbonyl (C=O) groups is 4. The highest BCUT2D eigenvalue weighted by Gasteiger charge is 2.39. The van der Waals surface area contributed by atoms with Crippen LogP contribution in [0.4, 0.5) is 0 Å². The van der Waals surface area contributed by atoms with Gasteiger partial charge in [0.05, 0.1) is 0 Å². The number of rotatable bonds is 22. The summed E-state index contributed by atoms with van der Waals surface area (Å²) >= 11 is 5.99. The van der Waals surface area contributed by atoms with E-state index in [2.05, 4.69) is 132 Å². The molecule has 0 aromatic heterocycles. The average molecular weight is 934 g/mol. The van der Waals surface area contributed by atoms with Gasteiger partial charge >= 0.3 is 0 Å². The van der Waals surface area contributed by atoms with Crippen molar-refractivity contribution in [1.82, 2.24) is 31.1 Å². The molecule has 4 amide bonds. The van der Waals surface area contributed by atoms with Crippen LogP contribution in [0.25, 0.3) is 0 Å². The summed E-state index contributed by atoms with van der Waals surface area (Å²) in [7, 11) is 8.68. The molecule has 0 spiro atoms. The molecule has 362 valence electrons. The molecule has 0 radical (unpaired) electrons. The van der Waals surface area contributed by atoms with Crippen molar-refractivity contribution >= 4 is 35.2 Å². The van der Waals surface area contributed by atoms with Crippen LogP contribution in [0.5, 0.6) is 0 Å². The van der Waals surface area contributed by atoms with E-state index in [0.29, 0.717) is 56.6 Å². The van der Waals surface area contributed by atoms with Crippen LogP contribution in [-0.4, -0.2) is 97.9 Å². The molecule has 0 saturated heterocycles. The Morgan fingerprint density at radius 1 is 0.493 bits per heavy atom. The molecule has 6 rings (SSSR count). The maximum atomic E-state index is 12.4. The maximum absolute atomic E-state index is 12.4. The lowest BCUT2D eigenvalue weighted by Gasteiger charge is -2.45. The molecule has 4 aromatic carbocycles. The maximum Gasteiger partial charge on any atom is 0.220 e. The molecule has 0 heterocycles. The van der Waals surface area contributed by atoms with Crippen LogP contribution in [0.15, 0.2) is 115 Å². The number of nitrogens with zero attached hydrogens (tertiary/aromatic N) is 2. The zero-order chi connectivity index (χ0) is 47.9. The Balaban J connectivity index is 0.000000251. The van der Waals surface area contributed by atoms with E-state index < -0.39 is 0 Å². The highest BCUT2D eigenvalue weighted by molar-refractivity contribution is 6.30. The third kappa shape index (κ3) is 18.5. The van der Waals surface area contributed by atoms with Crippen molar-refractivity contribution in [3.63, 3.8) is 0 Å². The minimum Gasteiger partial charge on any atom is -0.356 e. The number of amides is 4. The molecule has 10 nitrogen and oxygen atoms in total. The average Bonchev–Trinajstić information content (AvgIpc) is 3.31. The minimum absolute atomic E-state index is 0.0100. The van der Waals surface area contributed by atoms with Gasteiger partial charge in [0.2, 0.25) is 23.6 Å². The number of hydrogen-bond donors (Lipinski definition) is 4. The number of benzene rings is 4. The van der Waals surface area contributed by atoms with Crippen molar-refractivity contribution in [2.24, 2.45) is 0 Å². The number of halogens is 1. The van der Waals surface area contributed by atoms with Crippen molar-refractivity contribution < 1.29 is 19.2 Å². The lowest BCUT2D eigenvalue weighted by molar-refractivity contribution is -0.124. The molecule has 0 bridgehead atoms. The molecule has 4 N–H and O–H groups in total. The van der Waals surface area contributed by atoms with Crippen molar-refractivity contribution in [3.05, 3.63) is 143 Å². The van der Waals surface area contributed by atoms with Crippen molar-refractivity contribution in [3.8, 4) is 0 Å². The fourth-order valence-corrected chi connectivity index (χ4v) is 9.95. The normalized spacial score (nSPS) is 20.3. The van der Waals surface area contributed by atoms with E-state index in [-0.39, 0.29) is 46.8 Å². The van der Waals surface area contributed by atoms with E-state index in [1.54, 1.807) is 0 Å². The molecule has 4 aromatic rings. The van der Waals surface area contributed by atoms with Crippen LogP contribution >= 0.6 is 11.6 Å². The second-order valence-electron chi connectivity index (χ2n) is 19.3. The fraction of sp³-hybridized carbons (Fsp3) is 0.500. The molecule has 67 heavy (non-hydrogen) atoms. The molecule has 0 aliphatic heterocycles. The highest BCUT2D eigenvalue weighted by atomic mass is 35.5. The number of carbonyl (C=O) groups excluding carboxylic acids is 4. The van der Waals surface area contributed by atoms with E-state index in [1.807, 2.05) is 42.5 Å². The standard InChI is InChI=1S/C28H38ClN3O2.C28H39N3O2/c1-32(2)28(21-23-8-4-3-5-9-23)17-14-25(15-18-28)31-27(34)13-7-12-26(33)30-19-16-22-10-6-11-24(29)20-22;1-31(2)28(22-24-12-7-4-8-13-24)19-16-25(17-20-28)30-27(33)15-9-14-26(32)29-21-18-23-10-5-3-6-11-23/h3-6,8-11,20,25H,7,12-19,21H2,1-2H3,(H,30,33)(H,31,34);3-8,10-13,25H,9,14-22H2,1-2H3,(H,29,32)(H,30,33). The van der Waals surface area contributed by atoms with Gasteiger partial charge in [-0.25, -0.2) is 0 Å². The van der Waals surface area contributed by atoms with Gasteiger partial charge in [-0.3, -0.25) is 19.2 Å². The number of nitrogens with one attached hydrogen (secondary N) is 4. The van der Waals surface area contributed by atoms with Crippen LogP contribution in [-0.2, 0) is 44.9 Å². The first-order valence-corrected chi connectivity index (χ1v) is 25.0. The predicted octanol–water partition coefficient (Wildman–Crippen LogP) is 8.89. The number of hydrogen-bond acceptors (Lipinski definition) is 6. The van der Waals surface area contributed by atoms with Gasteiger partial charge in [0.15, 0.2) is 0 Å². The first kappa shape index (κ1) is 52.9. The first-order valence-electron chi connectivity index (χ1n) is 24.7. The summed E-state index contributed by atoms with van der Waals surface area (Å²) in [5, 5.41) is 13.0. The molecular formula is C56H77ClN6O4. The Bertz CT molecular complexity index is 2080. The van der Waals surface area contributed by atoms with Gasteiger partial charge in [-0.15, -0.1) is 0 Å². The van der Waals surface area contributed by atoms with Crippen LogP contribution < -0.4 is 21.3 Å². The summed E-state index contributed by atoms with van der Waals surface area (Å²) in [5.41, 5.74) is 5.35. The third-order valence-corrected chi connectivity index (χ3v) is 14.3. The smallest absolute Gasteiger partial charge is 0.220 e. The Morgan fingerprint density at radius 3 is 1.24 bits per heavy atom. The van der Waals surface area contributed by atoms with Crippen molar-refractivity contribution in [2.45, 2.75) is 139 Å². The largest absolute Gasteiger partial charge is 0.356 e. The highest BCUT2D eigenvalue weighted by Crippen LogP contribution is 2.37. The fourth-order valence-electron chi connectivity index (χ4n) is 9.74. The number of likely N-dealkylation sites (N-methyl/N-ethyl adjacent to an activating group) is 2. The molecule has 0 unspecified atom stereocenters. The summed E-state index contributed by atoms with van der Waals surface area (Å²) in [6.07, 6.45) is 14.6. The van der Waals surface area contributed by atoms with E-state index >= 15 is 0 Å². The van der Waals surface area contributed by atoms with Gasteiger partial charge in [0, 0.05) is 67.0 Å². The molecular weight excluding hydrogens is 856 g/mol. The summed E-state index contributed by atoms with van der Waals surface area (Å²) in [6.45, 7) is 1.21. The monoisotopic (exact) mass is 933 g/mol. The second kappa shape index (κ2) is 27.7. The topological polar surface area (TPSA) is 123 Å². The second-order valence-corrected chi connectivity index (χ2v) is 19.7. The summed E-state index contributed by atoms with van der Waals surface area (Å²) in [4.78, 5) is 53.7. The summed E-state index contributed by atoms with van der Waals surface area (Å²) < 4.78 is 0. The SMILES string of the molecule is CN(C)C1(Cc2ccccc2)CCC(NC(=O)CCCC(=O)NCCc2cccc(Cl)c2)CC1.CN(C)C1(Cc2ccccc2)CCC(NC(=O)CCCC(=O)NCCc2ccccc2)CC1. The van der Waals surface area contributed by atoms with Crippen molar-refractivity contribution in [1.29, 1.82) is 0 Å². The third-order valence-electron chi connectivity index (χ3n) is 14.0. The van der Waals surface area contributed by atoms with Gasteiger partial charge in [-0.05, 0) is 152 Å². The molecule has 0 atom stereocenters. The summed E-state index contributed by atoms with van der Waals surface area (Å²) in [6, 6.07) is 39.6. The first-order chi connectivity index (χ1) is 32.3. The van der Waals surface area contributed by atoms with E-state index in [0.717, 1.165) is 82.6 Å². The van der Waals surface area contributed by atoms with Crippen molar-refractivity contribution in [2.75, 3.05) is 41.3 Å². The van der Waals surface area contributed by atoms with Crippen LogP contribution in [0, 0.1) is 0 Å². The zero-order valence-electron chi connectivity index (χ0n) is 40.7. The van der Waals surface area contributed by atoms with Crippen LogP contribution in [0.1, 0.15) is 112 Å². The molecule has 2 saturated carbocycles. The van der Waals surface area contributed by atoms with Crippen LogP contribution in [0.2, 0.25) is 5.02 Å². The molecule has 2 fully saturated rings. The Labute approximate surface area is 406 Å². The predicted molar refractivity (Wildman–Crippen MR) is 273 cm³/mol. The molecule has 2 aliphatic carbocycles. The summed E-state index contributed by atoms with van der Waals surface area (Å²) in [5.74, 6) is 0.131. The lowest BCUT2D eigenvalue weighted by atomic mass is 9.75. The molecule has 2 aliphatic rings. The van der Waals surface area contributed by atoms with Gasteiger partial charge < -0.3 is 31.1 Å². The Hall–Kier alpha value is -5.03. The Kier molecular flexibility index (Phi) is 21.9. The van der Waals surface area contributed by atoms with Gasteiger partial charge in [0.25, 0.3) is 0 Å². The lowest BCUT2D eigenvalue weighted by Crippen LogP contribution is -2.52. The van der Waals surface area contributed by atoms with Gasteiger partial charge in [0.1, 0.15) is 0 Å². The Morgan fingerprint density at radius 2 is 0.851 bits per heavy atom. The minimum atomic E-state index is -0.0100.